The predicted octanol–water partition coefficient (Wildman–Crippen LogP) is 3.46. The Kier molecular flexibility index (Phi) is 10.1. The standard InChI is InChI=1S/C26H39NO4Si/c1-7-30-25(28)20-22(21-27(5)18-19-29-6)31-32(26(2,3)4,23-14-10-8-11-15-23)24-16-12-9-13-17-24/h8-17,22H,7,18-21H2,1-6H3/t22-/m1/s1. The monoisotopic (exact) mass is 457 g/mol. The van der Waals surface area contributed by atoms with Gasteiger partial charge in [-0.1, -0.05) is 81.4 Å². The average Bonchev–Trinajstić information content (AvgIpc) is 2.76. The largest absolute Gasteiger partial charge is 0.466 e. The number of rotatable bonds is 12. The van der Waals surface area contributed by atoms with Gasteiger partial charge in [0.05, 0.1) is 25.7 Å². The first-order valence-corrected chi connectivity index (χ1v) is 13.3. The molecule has 2 rings (SSSR count). The fraction of sp³-hybridized carbons (Fsp3) is 0.500. The number of carbonyl (C=O) groups excluding carboxylic acids is 1. The summed E-state index contributed by atoms with van der Waals surface area (Å²) in [5.41, 5.74) is 0. The normalized spacial score (nSPS) is 13.2. The van der Waals surface area contributed by atoms with E-state index >= 15 is 0 Å². The van der Waals surface area contributed by atoms with E-state index in [4.69, 9.17) is 13.9 Å². The lowest BCUT2D eigenvalue weighted by Crippen LogP contribution is -2.68. The summed E-state index contributed by atoms with van der Waals surface area (Å²) in [6, 6.07) is 21.0. The molecule has 0 fully saturated rings. The maximum Gasteiger partial charge on any atom is 0.308 e. The van der Waals surface area contributed by atoms with Crippen molar-refractivity contribution in [2.75, 3.05) is 40.5 Å². The second kappa shape index (κ2) is 12.3. The molecular formula is C26H39NO4Si. The van der Waals surface area contributed by atoms with Crippen LogP contribution < -0.4 is 10.4 Å². The van der Waals surface area contributed by atoms with Gasteiger partial charge in [0.2, 0.25) is 0 Å². The second-order valence-electron chi connectivity index (χ2n) is 9.17. The van der Waals surface area contributed by atoms with E-state index in [9.17, 15) is 4.79 Å². The number of ether oxygens (including phenoxy) is 2. The van der Waals surface area contributed by atoms with Crippen molar-refractivity contribution in [1.29, 1.82) is 0 Å². The van der Waals surface area contributed by atoms with Crippen LogP contribution in [0, 0.1) is 0 Å². The summed E-state index contributed by atoms with van der Waals surface area (Å²) in [5.74, 6) is -0.226. The molecule has 2 aromatic carbocycles. The van der Waals surface area contributed by atoms with E-state index in [0.717, 1.165) is 6.54 Å². The number of hydrogen-bond acceptors (Lipinski definition) is 5. The first kappa shape index (κ1) is 26.3. The van der Waals surface area contributed by atoms with E-state index in [1.54, 1.807) is 7.11 Å². The van der Waals surface area contributed by atoms with E-state index in [2.05, 4.69) is 74.2 Å². The van der Waals surface area contributed by atoms with Crippen molar-refractivity contribution in [3.63, 3.8) is 0 Å². The molecule has 0 bridgehead atoms. The summed E-state index contributed by atoms with van der Waals surface area (Å²) in [7, 11) is 0.965. The Hall–Kier alpha value is -1.99. The molecule has 0 N–H and O–H groups in total. The Morgan fingerprint density at radius 1 is 1.00 bits per heavy atom. The van der Waals surface area contributed by atoms with Gasteiger partial charge in [0.15, 0.2) is 0 Å². The van der Waals surface area contributed by atoms with Gasteiger partial charge in [-0.05, 0) is 29.4 Å². The van der Waals surface area contributed by atoms with Gasteiger partial charge in [-0.25, -0.2) is 0 Å². The fourth-order valence-electron chi connectivity index (χ4n) is 4.18. The van der Waals surface area contributed by atoms with Gasteiger partial charge in [0.1, 0.15) is 0 Å². The zero-order chi connectivity index (χ0) is 23.6. The Bertz CT molecular complexity index is 768. The van der Waals surface area contributed by atoms with Crippen molar-refractivity contribution in [3.8, 4) is 0 Å². The van der Waals surface area contributed by atoms with E-state index in [0.29, 0.717) is 19.8 Å². The highest BCUT2D eigenvalue weighted by Gasteiger charge is 2.51. The minimum absolute atomic E-state index is 0.159. The molecule has 0 saturated heterocycles. The van der Waals surface area contributed by atoms with Crippen molar-refractivity contribution >= 4 is 24.7 Å². The van der Waals surface area contributed by atoms with E-state index < -0.39 is 8.32 Å². The quantitative estimate of drug-likeness (QED) is 0.361. The molecule has 1 atom stereocenters. The molecule has 0 amide bonds. The van der Waals surface area contributed by atoms with Crippen LogP contribution in [0.1, 0.15) is 34.1 Å². The second-order valence-corrected chi connectivity index (χ2v) is 13.4. The number of methoxy groups -OCH3 is 1. The number of carbonyl (C=O) groups is 1. The number of benzene rings is 2. The first-order valence-electron chi connectivity index (χ1n) is 11.4. The summed E-state index contributed by atoms with van der Waals surface area (Å²) in [5, 5.41) is 2.24. The van der Waals surface area contributed by atoms with Crippen LogP contribution in [0.3, 0.4) is 0 Å². The highest BCUT2D eigenvalue weighted by Crippen LogP contribution is 2.38. The molecule has 2 aromatic rings. The SMILES string of the molecule is CCOC(=O)C[C@H](CN(C)CCOC)O[Si](c1ccccc1)(c1ccccc1)C(C)(C)C. The van der Waals surface area contributed by atoms with Gasteiger partial charge in [-0.2, -0.15) is 0 Å². The summed E-state index contributed by atoms with van der Waals surface area (Å²) in [6.07, 6.45) is -0.0856. The topological polar surface area (TPSA) is 48.0 Å². The molecule has 0 aromatic heterocycles. The molecule has 0 radical (unpaired) electrons. The van der Waals surface area contributed by atoms with Crippen LogP contribution in [0.15, 0.2) is 60.7 Å². The third-order valence-electron chi connectivity index (χ3n) is 5.65. The number of esters is 1. The third-order valence-corrected chi connectivity index (χ3v) is 10.7. The lowest BCUT2D eigenvalue weighted by Gasteiger charge is -2.45. The summed E-state index contributed by atoms with van der Waals surface area (Å²) >= 11 is 0. The lowest BCUT2D eigenvalue weighted by molar-refractivity contribution is -0.145. The number of likely N-dealkylation sites (N-methyl/N-ethyl adjacent to an activating group) is 1. The van der Waals surface area contributed by atoms with Crippen molar-refractivity contribution in [1.82, 2.24) is 4.90 Å². The predicted molar refractivity (Wildman–Crippen MR) is 133 cm³/mol. The third kappa shape index (κ3) is 6.75. The van der Waals surface area contributed by atoms with Gasteiger partial charge in [0, 0.05) is 20.2 Å². The highest BCUT2D eigenvalue weighted by atomic mass is 28.4. The zero-order valence-electron chi connectivity index (χ0n) is 20.5. The lowest BCUT2D eigenvalue weighted by atomic mass is 10.2. The fourth-order valence-corrected chi connectivity index (χ4v) is 8.85. The Balaban J connectivity index is 2.54. The van der Waals surface area contributed by atoms with Gasteiger partial charge in [-0.3, -0.25) is 4.79 Å². The number of nitrogens with zero attached hydrogens (tertiary/aromatic N) is 1. The van der Waals surface area contributed by atoms with Crippen LogP contribution in [0.5, 0.6) is 0 Å². The van der Waals surface area contributed by atoms with Crippen molar-refractivity contribution in [3.05, 3.63) is 60.7 Å². The molecule has 0 unspecified atom stereocenters. The van der Waals surface area contributed by atoms with E-state index in [1.807, 2.05) is 26.1 Å². The van der Waals surface area contributed by atoms with Crippen LogP contribution in [0.25, 0.3) is 0 Å². The van der Waals surface area contributed by atoms with Crippen molar-refractivity contribution in [2.45, 2.75) is 45.3 Å². The Morgan fingerprint density at radius 3 is 1.97 bits per heavy atom. The van der Waals surface area contributed by atoms with Crippen LogP contribution in [-0.4, -0.2) is 65.8 Å². The average molecular weight is 458 g/mol. The molecule has 0 aliphatic heterocycles. The molecule has 0 aliphatic carbocycles. The summed E-state index contributed by atoms with van der Waals surface area (Å²) < 4.78 is 17.7. The Labute approximate surface area is 194 Å². The van der Waals surface area contributed by atoms with E-state index in [1.165, 1.54) is 10.4 Å². The molecule has 32 heavy (non-hydrogen) atoms. The van der Waals surface area contributed by atoms with Gasteiger partial charge in [0.25, 0.3) is 8.32 Å². The number of hydrogen-bond donors (Lipinski definition) is 0. The smallest absolute Gasteiger partial charge is 0.308 e. The van der Waals surface area contributed by atoms with Crippen molar-refractivity contribution in [2.24, 2.45) is 0 Å². The maximum absolute atomic E-state index is 12.5. The minimum Gasteiger partial charge on any atom is -0.466 e. The molecule has 176 valence electrons. The maximum atomic E-state index is 12.5. The molecule has 0 aliphatic rings. The Morgan fingerprint density at radius 2 is 1.53 bits per heavy atom. The zero-order valence-corrected chi connectivity index (χ0v) is 21.5. The summed E-state index contributed by atoms with van der Waals surface area (Å²) in [6.45, 7) is 10.9. The van der Waals surface area contributed by atoms with Gasteiger partial charge < -0.3 is 18.8 Å². The van der Waals surface area contributed by atoms with Crippen molar-refractivity contribution < 1.29 is 18.7 Å². The van der Waals surface area contributed by atoms with Crippen LogP contribution in [0.2, 0.25) is 5.04 Å². The van der Waals surface area contributed by atoms with Crippen LogP contribution >= 0.6 is 0 Å². The molecule has 0 spiro atoms. The minimum atomic E-state index is -2.77. The van der Waals surface area contributed by atoms with Crippen LogP contribution in [-0.2, 0) is 18.7 Å². The molecular weight excluding hydrogens is 418 g/mol. The van der Waals surface area contributed by atoms with Gasteiger partial charge in [-0.15, -0.1) is 0 Å². The molecule has 0 saturated carbocycles. The highest BCUT2D eigenvalue weighted by molar-refractivity contribution is 6.99. The molecule has 6 heteroatoms. The van der Waals surface area contributed by atoms with E-state index in [-0.39, 0.29) is 23.5 Å². The first-order chi connectivity index (χ1) is 15.2. The molecule has 5 nitrogen and oxygen atoms in total. The molecule has 0 heterocycles. The summed E-state index contributed by atoms with van der Waals surface area (Å²) in [4.78, 5) is 14.7. The van der Waals surface area contributed by atoms with Crippen LogP contribution in [0.4, 0.5) is 0 Å². The van der Waals surface area contributed by atoms with Gasteiger partial charge >= 0.3 is 5.97 Å².